The van der Waals surface area contributed by atoms with Crippen LogP contribution in [0.5, 0.6) is 0 Å². The third-order valence-corrected chi connectivity index (χ3v) is 2.39. The summed E-state index contributed by atoms with van der Waals surface area (Å²) < 4.78 is 0. The molecule has 2 aliphatic rings. The first-order chi connectivity index (χ1) is 3.45. The predicted octanol–water partition coefficient (Wildman–Crippen LogP) is 2.15. The Morgan fingerprint density at radius 3 is 1.88 bits per heavy atom. The first kappa shape index (κ1) is 6.64. The average Bonchev–Trinajstić information content (AvgIpc) is 2.22. The summed E-state index contributed by atoms with van der Waals surface area (Å²) in [6.07, 6.45) is 7.50. The van der Waals surface area contributed by atoms with Crippen molar-refractivity contribution in [2.24, 2.45) is 5.92 Å². The van der Waals surface area contributed by atoms with Crippen molar-refractivity contribution >= 4 is 0 Å². The fourth-order valence-electron chi connectivity index (χ4n) is 1.90. The van der Waals surface area contributed by atoms with Crippen LogP contribution in [0.1, 0.15) is 32.1 Å². The third kappa shape index (κ3) is 0.942. The molecule has 2 fully saturated rings. The molecule has 0 spiro atoms. The van der Waals surface area contributed by atoms with Crippen LogP contribution in [0.15, 0.2) is 0 Å². The molecule has 1 heteroatoms. The molecule has 0 saturated heterocycles. The molecule has 0 aromatic rings. The van der Waals surface area contributed by atoms with E-state index in [1.54, 1.807) is 0 Å². The quantitative estimate of drug-likeness (QED) is 0.375. The summed E-state index contributed by atoms with van der Waals surface area (Å²) in [5, 5.41) is 0. The molecule has 0 atom stereocenters. The molecule has 0 amide bonds. The van der Waals surface area contributed by atoms with Crippen LogP contribution < -0.4 is 0 Å². The van der Waals surface area contributed by atoms with Gasteiger partial charge in [-0.2, -0.15) is 19.3 Å². The minimum absolute atomic E-state index is 0. The number of hydrogen-bond acceptors (Lipinski definition) is 0. The zero-order valence-corrected chi connectivity index (χ0v) is 5.86. The maximum absolute atomic E-state index is 1.87. The van der Waals surface area contributed by atoms with E-state index in [1.165, 1.54) is 32.1 Å². The molecular weight excluding hydrogens is 148 g/mol. The average molecular weight is 159 g/mol. The normalized spacial score (nSPS) is 28.5. The number of rotatable bonds is 0. The van der Waals surface area contributed by atoms with Crippen molar-refractivity contribution in [2.75, 3.05) is 0 Å². The first-order valence-electron chi connectivity index (χ1n) is 3.29. The Bertz CT molecular complexity index is 62.5. The van der Waals surface area contributed by atoms with Crippen LogP contribution in [0, 0.1) is 11.8 Å². The zero-order valence-electron chi connectivity index (χ0n) is 4.91. The van der Waals surface area contributed by atoms with Crippen LogP contribution in [0.25, 0.3) is 0 Å². The van der Waals surface area contributed by atoms with Gasteiger partial charge in [0.1, 0.15) is 0 Å². The summed E-state index contributed by atoms with van der Waals surface area (Å²) in [5.74, 6) is 3.00. The van der Waals surface area contributed by atoms with Crippen molar-refractivity contribution < 1.29 is 17.1 Å². The fraction of sp³-hybridized carbons (Fsp3) is 0.857. The summed E-state index contributed by atoms with van der Waals surface area (Å²) in [7, 11) is 0. The van der Waals surface area contributed by atoms with Gasteiger partial charge in [0, 0.05) is 0 Å². The first-order valence-corrected chi connectivity index (χ1v) is 3.29. The molecule has 50 valence electrons. The van der Waals surface area contributed by atoms with E-state index in [9.17, 15) is 0 Å². The molecule has 0 aromatic carbocycles. The van der Waals surface area contributed by atoms with Crippen LogP contribution in [0.2, 0.25) is 0 Å². The minimum atomic E-state index is 0. The Labute approximate surface area is 61.5 Å². The molecule has 0 N–H and O–H groups in total. The third-order valence-electron chi connectivity index (χ3n) is 2.39. The van der Waals surface area contributed by atoms with Gasteiger partial charge < -0.3 is 5.92 Å². The SMILES string of the molecule is C1CC2CC[C-]1C2.[Cu+]. The van der Waals surface area contributed by atoms with Crippen LogP contribution in [-0.4, -0.2) is 0 Å². The summed E-state index contributed by atoms with van der Waals surface area (Å²) in [6, 6.07) is 0. The van der Waals surface area contributed by atoms with Crippen LogP contribution in [0.4, 0.5) is 0 Å². The van der Waals surface area contributed by atoms with E-state index in [1.807, 2.05) is 5.92 Å². The second-order valence-electron chi connectivity index (χ2n) is 2.90. The van der Waals surface area contributed by atoms with Gasteiger partial charge in [-0.05, 0) is 0 Å². The molecule has 2 rings (SSSR count). The van der Waals surface area contributed by atoms with E-state index in [-0.39, 0.29) is 17.1 Å². The van der Waals surface area contributed by atoms with Crippen molar-refractivity contribution in [3.05, 3.63) is 5.92 Å². The van der Waals surface area contributed by atoms with E-state index in [2.05, 4.69) is 0 Å². The van der Waals surface area contributed by atoms with E-state index in [4.69, 9.17) is 0 Å². The Balaban J connectivity index is 0.000000320. The standard InChI is InChI=1S/C7H11.Cu/c1-2-7-4-3-6(1)5-7;/h6H,1-5H2;/q-1;+1. The minimum Gasteiger partial charge on any atom is -0.313 e. The van der Waals surface area contributed by atoms with Gasteiger partial charge in [0.2, 0.25) is 0 Å². The summed E-state index contributed by atoms with van der Waals surface area (Å²) in [6.45, 7) is 0. The molecule has 0 unspecified atom stereocenters. The van der Waals surface area contributed by atoms with Crippen molar-refractivity contribution in [1.29, 1.82) is 0 Å². The van der Waals surface area contributed by atoms with Gasteiger partial charge in [-0.25, -0.2) is 0 Å². The van der Waals surface area contributed by atoms with E-state index < -0.39 is 0 Å². The molecule has 0 heterocycles. The summed E-state index contributed by atoms with van der Waals surface area (Å²) in [5.41, 5.74) is 0. The molecule has 0 radical (unpaired) electrons. The Morgan fingerprint density at radius 1 is 1.12 bits per heavy atom. The zero-order chi connectivity index (χ0) is 4.69. The Kier molecular flexibility index (Phi) is 2.00. The van der Waals surface area contributed by atoms with Gasteiger partial charge in [0.25, 0.3) is 0 Å². The molecule has 2 aliphatic carbocycles. The van der Waals surface area contributed by atoms with E-state index in [0.717, 1.165) is 5.92 Å². The van der Waals surface area contributed by atoms with E-state index in [0.29, 0.717) is 0 Å². The summed E-state index contributed by atoms with van der Waals surface area (Å²) >= 11 is 0. The largest absolute Gasteiger partial charge is 1.00 e. The smallest absolute Gasteiger partial charge is 0.313 e. The molecular formula is C7H11Cu. The van der Waals surface area contributed by atoms with Gasteiger partial charge >= 0.3 is 17.1 Å². The Morgan fingerprint density at radius 2 is 1.75 bits per heavy atom. The van der Waals surface area contributed by atoms with Gasteiger partial charge in [0.05, 0.1) is 0 Å². The number of fused-ring (bicyclic) bond motifs is 2. The van der Waals surface area contributed by atoms with E-state index >= 15 is 0 Å². The van der Waals surface area contributed by atoms with Gasteiger partial charge in [-0.1, -0.05) is 18.8 Å². The summed E-state index contributed by atoms with van der Waals surface area (Å²) in [4.78, 5) is 0. The molecule has 0 aliphatic heterocycles. The predicted molar refractivity (Wildman–Crippen MR) is 29.8 cm³/mol. The Hall–Kier alpha value is 0.519. The maximum Gasteiger partial charge on any atom is 1.00 e. The van der Waals surface area contributed by atoms with Crippen molar-refractivity contribution in [3.63, 3.8) is 0 Å². The van der Waals surface area contributed by atoms with Crippen LogP contribution in [-0.2, 0) is 17.1 Å². The van der Waals surface area contributed by atoms with Gasteiger partial charge in [-0.15, -0.1) is 0 Å². The molecule has 2 saturated carbocycles. The van der Waals surface area contributed by atoms with Crippen molar-refractivity contribution in [1.82, 2.24) is 0 Å². The van der Waals surface area contributed by atoms with Crippen molar-refractivity contribution in [3.8, 4) is 0 Å². The topological polar surface area (TPSA) is 0 Å². The number of hydrogen-bond donors (Lipinski definition) is 0. The molecule has 0 aromatic heterocycles. The van der Waals surface area contributed by atoms with Crippen LogP contribution in [0.3, 0.4) is 0 Å². The maximum atomic E-state index is 1.87. The molecule has 2 bridgehead atoms. The van der Waals surface area contributed by atoms with Crippen LogP contribution >= 0.6 is 0 Å². The second kappa shape index (κ2) is 2.41. The molecule has 0 nitrogen and oxygen atoms in total. The van der Waals surface area contributed by atoms with Gasteiger partial charge in [-0.3, -0.25) is 0 Å². The second-order valence-corrected chi connectivity index (χ2v) is 2.90. The monoisotopic (exact) mass is 158 g/mol. The fourth-order valence-corrected chi connectivity index (χ4v) is 1.90. The van der Waals surface area contributed by atoms with Crippen molar-refractivity contribution in [2.45, 2.75) is 32.1 Å². The van der Waals surface area contributed by atoms with Gasteiger partial charge in [0.15, 0.2) is 0 Å². The molecule has 8 heavy (non-hydrogen) atoms.